The SMILES string of the molecule is CCc1nc2c(N)nc3cc(OCc4ccccc4)ccc3c2n1CCCCOC(=O)NC(C)(C)C. The van der Waals surface area contributed by atoms with Crippen LogP contribution in [0.1, 0.15) is 51.9 Å². The Morgan fingerprint density at radius 2 is 1.86 bits per heavy atom. The lowest BCUT2D eigenvalue weighted by Crippen LogP contribution is -2.41. The molecule has 0 fully saturated rings. The number of imidazole rings is 1. The third-order valence-corrected chi connectivity index (χ3v) is 5.81. The molecule has 0 spiro atoms. The van der Waals surface area contributed by atoms with Gasteiger partial charge in [-0.05, 0) is 51.3 Å². The van der Waals surface area contributed by atoms with Gasteiger partial charge in [-0.25, -0.2) is 14.8 Å². The molecule has 4 rings (SSSR count). The third kappa shape index (κ3) is 6.05. The Bertz CT molecular complexity index is 1340. The summed E-state index contributed by atoms with van der Waals surface area (Å²) in [6.45, 7) is 9.45. The van der Waals surface area contributed by atoms with Gasteiger partial charge in [0.25, 0.3) is 0 Å². The number of amides is 1. The summed E-state index contributed by atoms with van der Waals surface area (Å²) < 4.78 is 13.5. The highest BCUT2D eigenvalue weighted by atomic mass is 16.5. The van der Waals surface area contributed by atoms with Crippen molar-refractivity contribution < 1.29 is 14.3 Å². The van der Waals surface area contributed by atoms with E-state index < -0.39 is 0 Å². The van der Waals surface area contributed by atoms with E-state index in [1.54, 1.807) is 0 Å². The van der Waals surface area contributed by atoms with Crippen molar-refractivity contribution in [1.29, 1.82) is 0 Å². The van der Waals surface area contributed by atoms with Crippen molar-refractivity contribution in [3.05, 3.63) is 59.9 Å². The van der Waals surface area contributed by atoms with E-state index >= 15 is 0 Å². The van der Waals surface area contributed by atoms with Crippen LogP contribution < -0.4 is 15.8 Å². The maximum absolute atomic E-state index is 11.9. The number of nitrogens with one attached hydrogen (secondary N) is 1. The zero-order valence-corrected chi connectivity index (χ0v) is 21.5. The molecule has 2 heterocycles. The predicted octanol–water partition coefficient (Wildman–Crippen LogP) is 5.61. The average molecular weight is 490 g/mol. The van der Waals surface area contributed by atoms with Crippen LogP contribution in [0.4, 0.5) is 10.6 Å². The second kappa shape index (κ2) is 10.8. The maximum Gasteiger partial charge on any atom is 0.407 e. The second-order valence-corrected chi connectivity index (χ2v) is 9.90. The van der Waals surface area contributed by atoms with Crippen LogP contribution in [-0.4, -0.2) is 32.8 Å². The van der Waals surface area contributed by atoms with Gasteiger partial charge in [0.1, 0.15) is 23.7 Å². The Labute approximate surface area is 211 Å². The van der Waals surface area contributed by atoms with Gasteiger partial charge in [-0.15, -0.1) is 0 Å². The molecule has 0 aliphatic heterocycles. The van der Waals surface area contributed by atoms with Gasteiger partial charge < -0.3 is 25.1 Å². The van der Waals surface area contributed by atoms with Crippen molar-refractivity contribution in [2.24, 2.45) is 0 Å². The van der Waals surface area contributed by atoms with E-state index in [-0.39, 0.29) is 11.6 Å². The summed E-state index contributed by atoms with van der Waals surface area (Å²) in [4.78, 5) is 21.3. The molecule has 0 aliphatic rings. The molecule has 0 atom stereocenters. The number of alkyl carbamates (subject to hydrolysis) is 1. The molecule has 0 saturated carbocycles. The van der Waals surface area contributed by atoms with Gasteiger partial charge in [-0.2, -0.15) is 0 Å². The Balaban J connectivity index is 1.51. The lowest BCUT2D eigenvalue weighted by atomic mass is 10.1. The fourth-order valence-electron chi connectivity index (χ4n) is 4.16. The van der Waals surface area contributed by atoms with Crippen molar-refractivity contribution in [1.82, 2.24) is 19.9 Å². The molecule has 1 amide bonds. The minimum atomic E-state index is -0.389. The van der Waals surface area contributed by atoms with Crippen LogP contribution in [0.15, 0.2) is 48.5 Å². The van der Waals surface area contributed by atoms with Gasteiger partial charge in [0.2, 0.25) is 0 Å². The second-order valence-electron chi connectivity index (χ2n) is 9.90. The number of carbonyl (C=O) groups excluding carboxylic acids is 1. The summed E-state index contributed by atoms with van der Waals surface area (Å²) in [6.07, 6.45) is 1.97. The Hall–Kier alpha value is -3.81. The first-order valence-corrected chi connectivity index (χ1v) is 12.4. The Morgan fingerprint density at radius 3 is 2.58 bits per heavy atom. The minimum Gasteiger partial charge on any atom is -0.489 e. The van der Waals surface area contributed by atoms with Gasteiger partial charge >= 0.3 is 6.09 Å². The minimum absolute atomic E-state index is 0.315. The summed E-state index contributed by atoms with van der Waals surface area (Å²) in [5.74, 6) is 2.11. The molecule has 0 saturated heterocycles. The van der Waals surface area contributed by atoms with Crippen LogP contribution in [0.25, 0.3) is 21.9 Å². The standard InChI is InChI=1S/C28H35N5O3/c1-5-23-31-24-25(33(23)15-9-10-16-35-27(34)32-28(2,3)4)21-14-13-20(17-22(21)30-26(24)29)36-18-19-11-7-6-8-12-19/h6-8,11-14,17H,5,9-10,15-16,18H2,1-4H3,(H2,29,30)(H,32,34). The molecule has 2 aromatic heterocycles. The first kappa shape index (κ1) is 25.3. The summed E-state index contributed by atoms with van der Waals surface area (Å²) >= 11 is 0. The highest BCUT2D eigenvalue weighted by Crippen LogP contribution is 2.31. The van der Waals surface area contributed by atoms with Gasteiger partial charge in [-0.3, -0.25) is 0 Å². The quantitative estimate of drug-likeness (QED) is 0.296. The van der Waals surface area contributed by atoms with E-state index in [0.29, 0.717) is 19.0 Å². The number of benzene rings is 2. The van der Waals surface area contributed by atoms with E-state index in [9.17, 15) is 4.79 Å². The molecular weight excluding hydrogens is 454 g/mol. The van der Waals surface area contributed by atoms with Gasteiger partial charge in [-0.1, -0.05) is 37.3 Å². The molecule has 8 heteroatoms. The number of carbonyl (C=O) groups is 1. The first-order chi connectivity index (χ1) is 17.2. The number of nitrogen functional groups attached to an aromatic ring is 1. The molecule has 8 nitrogen and oxygen atoms in total. The van der Waals surface area contributed by atoms with Crippen molar-refractivity contribution in [2.75, 3.05) is 12.3 Å². The molecular formula is C28H35N5O3. The van der Waals surface area contributed by atoms with E-state index in [1.807, 2.05) is 69.3 Å². The number of rotatable bonds is 9. The Kier molecular flexibility index (Phi) is 7.62. The zero-order chi connectivity index (χ0) is 25.7. The van der Waals surface area contributed by atoms with Crippen LogP contribution in [0, 0.1) is 0 Å². The number of aryl methyl sites for hydroxylation is 2. The first-order valence-electron chi connectivity index (χ1n) is 12.4. The molecule has 0 radical (unpaired) electrons. The molecule has 3 N–H and O–H groups in total. The molecule has 0 bridgehead atoms. The maximum atomic E-state index is 11.9. The largest absolute Gasteiger partial charge is 0.489 e. The smallest absolute Gasteiger partial charge is 0.407 e. The van der Waals surface area contributed by atoms with Crippen LogP contribution in [0.3, 0.4) is 0 Å². The number of hydrogen-bond acceptors (Lipinski definition) is 6. The normalized spacial score (nSPS) is 11.7. The average Bonchev–Trinajstić information content (AvgIpc) is 3.21. The fourth-order valence-corrected chi connectivity index (χ4v) is 4.16. The summed E-state index contributed by atoms with van der Waals surface area (Å²) in [5, 5.41) is 3.79. The summed E-state index contributed by atoms with van der Waals surface area (Å²) in [7, 11) is 0. The van der Waals surface area contributed by atoms with Crippen molar-refractivity contribution in [3.63, 3.8) is 0 Å². The van der Waals surface area contributed by atoms with Crippen molar-refractivity contribution in [3.8, 4) is 5.75 Å². The fraction of sp³-hybridized carbons (Fsp3) is 0.393. The van der Waals surface area contributed by atoms with E-state index in [1.165, 1.54) is 0 Å². The number of ether oxygens (including phenoxy) is 2. The predicted molar refractivity (Wildman–Crippen MR) is 143 cm³/mol. The van der Waals surface area contributed by atoms with Crippen molar-refractivity contribution in [2.45, 2.75) is 65.6 Å². The van der Waals surface area contributed by atoms with Crippen LogP contribution in [0.5, 0.6) is 5.75 Å². The molecule has 4 aromatic rings. The molecule has 0 aliphatic carbocycles. The lowest BCUT2D eigenvalue weighted by Gasteiger charge is -2.19. The molecule has 2 aromatic carbocycles. The van der Waals surface area contributed by atoms with E-state index in [0.717, 1.165) is 64.9 Å². The molecule has 190 valence electrons. The number of anilines is 1. The topological polar surface area (TPSA) is 104 Å². The highest BCUT2D eigenvalue weighted by Gasteiger charge is 2.17. The van der Waals surface area contributed by atoms with Crippen molar-refractivity contribution >= 4 is 33.8 Å². The van der Waals surface area contributed by atoms with Gasteiger partial charge in [0.15, 0.2) is 5.82 Å². The monoisotopic (exact) mass is 489 g/mol. The number of fused-ring (bicyclic) bond motifs is 3. The Morgan fingerprint density at radius 1 is 1.08 bits per heavy atom. The van der Waals surface area contributed by atoms with E-state index in [4.69, 9.17) is 20.2 Å². The van der Waals surface area contributed by atoms with Crippen LogP contribution >= 0.6 is 0 Å². The van der Waals surface area contributed by atoms with Crippen LogP contribution in [-0.2, 0) is 24.3 Å². The summed E-state index contributed by atoms with van der Waals surface area (Å²) in [5.41, 5.74) is 9.61. The van der Waals surface area contributed by atoms with Gasteiger partial charge in [0.05, 0.1) is 17.6 Å². The number of unbranched alkanes of at least 4 members (excludes halogenated alkanes) is 1. The zero-order valence-electron chi connectivity index (χ0n) is 21.5. The lowest BCUT2D eigenvalue weighted by molar-refractivity contribution is 0.135. The summed E-state index contributed by atoms with van der Waals surface area (Å²) in [6, 6.07) is 16.0. The number of hydrogen-bond donors (Lipinski definition) is 2. The van der Waals surface area contributed by atoms with Gasteiger partial charge in [0, 0.05) is 30.0 Å². The van der Waals surface area contributed by atoms with Crippen LogP contribution in [0.2, 0.25) is 0 Å². The van der Waals surface area contributed by atoms with E-state index in [2.05, 4.69) is 21.8 Å². The molecule has 36 heavy (non-hydrogen) atoms. The number of nitrogens with zero attached hydrogens (tertiary/aromatic N) is 3. The third-order valence-electron chi connectivity index (χ3n) is 5.81. The molecule has 0 unspecified atom stereocenters. The number of pyridine rings is 1. The highest BCUT2D eigenvalue weighted by molar-refractivity contribution is 6.06. The number of aromatic nitrogens is 3. The number of nitrogens with two attached hydrogens (primary N) is 1.